The molecule has 8 heteroatoms. The van der Waals surface area contributed by atoms with Gasteiger partial charge < -0.3 is 25.1 Å². The number of hydrogen-bond acceptors (Lipinski definition) is 4. The maximum absolute atomic E-state index is 11.7. The number of amides is 1. The topological polar surface area (TPSA) is 87.9 Å². The van der Waals surface area contributed by atoms with Crippen molar-refractivity contribution in [3.8, 4) is 0 Å². The molecule has 1 heterocycles. The minimum Gasteiger partial charge on any atom is -0.467 e. The second-order valence-corrected chi connectivity index (χ2v) is 4.61. The number of unbranched alkanes of at least 4 members (excludes halogenated alkanes) is 1. The first-order valence-corrected chi connectivity index (χ1v) is 7.57. The highest BCUT2D eigenvalue weighted by molar-refractivity contribution is 14.0. The first-order valence-electron chi connectivity index (χ1n) is 7.57. The highest BCUT2D eigenvalue weighted by Gasteiger charge is 2.04. The molecule has 0 unspecified atom stereocenters. The van der Waals surface area contributed by atoms with Crippen LogP contribution in [-0.2, 0) is 16.1 Å². The lowest BCUT2D eigenvalue weighted by Crippen LogP contribution is -2.43. The number of aliphatic imine (C=N–C) groups is 1. The van der Waals surface area contributed by atoms with Crippen molar-refractivity contribution in [2.24, 2.45) is 4.99 Å². The Hall–Kier alpha value is -1.29. The number of furan rings is 1. The average Bonchev–Trinajstić information content (AvgIpc) is 3.05. The Labute approximate surface area is 154 Å². The van der Waals surface area contributed by atoms with Crippen molar-refractivity contribution in [2.75, 3.05) is 33.4 Å². The molecule has 0 aliphatic heterocycles. The van der Waals surface area contributed by atoms with Crippen molar-refractivity contribution in [3.05, 3.63) is 24.2 Å². The molecule has 0 aliphatic carbocycles. The minimum absolute atomic E-state index is 0. The van der Waals surface area contributed by atoms with Crippen molar-refractivity contribution in [1.82, 2.24) is 16.0 Å². The number of carbonyl (C=O) groups is 1. The normalized spacial score (nSPS) is 10.8. The average molecular weight is 438 g/mol. The SMILES string of the molecule is CCOCCCCNC(=NC)NCC(=O)NCc1ccco1.I. The number of nitrogens with one attached hydrogen (secondary N) is 3. The van der Waals surface area contributed by atoms with Gasteiger partial charge in [-0.25, -0.2) is 0 Å². The van der Waals surface area contributed by atoms with Crippen LogP contribution in [0.3, 0.4) is 0 Å². The van der Waals surface area contributed by atoms with E-state index in [-0.39, 0.29) is 36.4 Å². The second kappa shape index (κ2) is 14.3. The number of ether oxygens (including phenoxy) is 1. The van der Waals surface area contributed by atoms with E-state index in [1.165, 1.54) is 0 Å². The number of guanidine groups is 1. The molecule has 23 heavy (non-hydrogen) atoms. The molecule has 0 spiro atoms. The molecule has 1 aromatic rings. The third-order valence-electron chi connectivity index (χ3n) is 2.89. The van der Waals surface area contributed by atoms with E-state index in [1.807, 2.05) is 13.0 Å². The van der Waals surface area contributed by atoms with Crippen LogP contribution in [0.5, 0.6) is 0 Å². The van der Waals surface area contributed by atoms with Gasteiger partial charge in [-0.1, -0.05) is 0 Å². The van der Waals surface area contributed by atoms with E-state index in [0.717, 1.165) is 38.4 Å². The second-order valence-electron chi connectivity index (χ2n) is 4.61. The molecular weight excluding hydrogens is 411 g/mol. The monoisotopic (exact) mass is 438 g/mol. The lowest BCUT2D eigenvalue weighted by atomic mass is 10.3. The fraction of sp³-hybridized carbons (Fsp3) is 0.600. The summed E-state index contributed by atoms with van der Waals surface area (Å²) in [5.74, 6) is 1.23. The predicted molar refractivity (Wildman–Crippen MR) is 101 cm³/mol. The number of carbonyl (C=O) groups excluding carboxylic acids is 1. The van der Waals surface area contributed by atoms with Gasteiger partial charge in [0.2, 0.25) is 5.91 Å². The lowest BCUT2D eigenvalue weighted by molar-refractivity contribution is -0.120. The Morgan fingerprint density at radius 1 is 1.30 bits per heavy atom. The van der Waals surface area contributed by atoms with Gasteiger partial charge in [-0.2, -0.15) is 0 Å². The van der Waals surface area contributed by atoms with Crippen LogP contribution in [0, 0.1) is 0 Å². The lowest BCUT2D eigenvalue weighted by Gasteiger charge is -2.11. The van der Waals surface area contributed by atoms with Gasteiger partial charge >= 0.3 is 0 Å². The summed E-state index contributed by atoms with van der Waals surface area (Å²) in [5, 5.41) is 8.88. The third-order valence-corrected chi connectivity index (χ3v) is 2.89. The maximum Gasteiger partial charge on any atom is 0.239 e. The van der Waals surface area contributed by atoms with Crippen LogP contribution in [0.4, 0.5) is 0 Å². The Morgan fingerprint density at radius 2 is 2.13 bits per heavy atom. The first-order chi connectivity index (χ1) is 10.8. The molecule has 0 saturated heterocycles. The van der Waals surface area contributed by atoms with Crippen molar-refractivity contribution in [1.29, 1.82) is 0 Å². The van der Waals surface area contributed by atoms with E-state index in [4.69, 9.17) is 9.15 Å². The molecule has 0 fully saturated rings. The summed E-state index contributed by atoms with van der Waals surface area (Å²) < 4.78 is 10.4. The van der Waals surface area contributed by atoms with Gasteiger partial charge in [0, 0.05) is 26.8 Å². The van der Waals surface area contributed by atoms with Gasteiger partial charge in [0.15, 0.2) is 5.96 Å². The molecule has 7 nitrogen and oxygen atoms in total. The summed E-state index contributed by atoms with van der Waals surface area (Å²) in [4.78, 5) is 15.8. The van der Waals surface area contributed by atoms with Gasteiger partial charge in [0.05, 0.1) is 19.4 Å². The maximum atomic E-state index is 11.7. The van der Waals surface area contributed by atoms with Gasteiger partial charge in [-0.15, -0.1) is 24.0 Å². The smallest absolute Gasteiger partial charge is 0.239 e. The van der Waals surface area contributed by atoms with Crippen molar-refractivity contribution < 1.29 is 13.9 Å². The van der Waals surface area contributed by atoms with Gasteiger partial charge in [0.1, 0.15) is 5.76 Å². The molecule has 0 radical (unpaired) electrons. The molecule has 0 saturated carbocycles. The van der Waals surface area contributed by atoms with Crippen LogP contribution in [0.1, 0.15) is 25.5 Å². The number of hydrogen-bond donors (Lipinski definition) is 3. The van der Waals surface area contributed by atoms with Crippen LogP contribution >= 0.6 is 24.0 Å². The summed E-state index contributed by atoms with van der Waals surface area (Å²) >= 11 is 0. The quantitative estimate of drug-likeness (QED) is 0.223. The van der Waals surface area contributed by atoms with Crippen LogP contribution in [0.2, 0.25) is 0 Å². The highest BCUT2D eigenvalue weighted by atomic mass is 127. The van der Waals surface area contributed by atoms with Crippen molar-refractivity contribution in [3.63, 3.8) is 0 Å². The zero-order valence-electron chi connectivity index (χ0n) is 13.8. The zero-order valence-corrected chi connectivity index (χ0v) is 16.1. The van der Waals surface area contributed by atoms with E-state index in [2.05, 4.69) is 20.9 Å². The fourth-order valence-electron chi connectivity index (χ4n) is 1.73. The van der Waals surface area contributed by atoms with Crippen LogP contribution in [0.25, 0.3) is 0 Å². The Morgan fingerprint density at radius 3 is 2.78 bits per heavy atom. The van der Waals surface area contributed by atoms with Crippen LogP contribution < -0.4 is 16.0 Å². The van der Waals surface area contributed by atoms with Crippen molar-refractivity contribution in [2.45, 2.75) is 26.3 Å². The number of halogens is 1. The Kier molecular flexibility index (Phi) is 13.5. The molecule has 0 atom stereocenters. The molecule has 132 valence electrons. The fourth-order valence-corrected chi connectivity index (χ4v) is 1.73. The van der Waals surface area contributed by atoms with Crippen LogP contribution in [0.15, 0.2) is 27.8 Å². The molecule has 1 amide bonds. The molecular formula is C15H27IN4O3. The summed E-state index contributed by atoms with van der Waals surface area (Å²) in [6, 6.07) is 3.60. The molecule has 3 N–H and O–H groups in total. The summed E-state index contributed by atoms with van der Waals surface area (Å²) in [7, 11) is 1.68. The first kappa shape index (κ1) is 21.7. The summed E-state index contributed by atoms with van der Waals surface area (Å²) in [6.07, 6.45) is 3.57. The Bertz CT molecular complexity index is 438. The number of rotatable bonds is 10. The Balaban J connectivity index is 0.00000484. The highest BCUT2D eigenvalue weighted by Crippen LogP contribution is 1.97. The minimum atomic E-state index is -0.115. The van der Waals surface area contributed by atoms with E-state index in [0.29, 0.717) is 12.5 Å². The van der Waals surface area contributed by atoms with E-state index >= 15 is 0 Å². The molecule has 1 aromatic heterocycles. The van der Waals surface area contributed by atoms with Gasteiger partial charge in [0.25, 0.3) is 0 Å². The molecule has 0 aliphatic rings. The standard InChI is InChI=1S/C15H26N4O3.HI/c1-3-21-9-5-4-8-17-15(16-2)19-12-14(20)18-11-13-7-6-10-22-13;/h6-7,10H,3-5,8-9,11-12H2,1-2H3,(H,18,20)(H2,16,17,19);1H. The zero-order chi connectivity index (χ0) is 16.0. The van der Waals surface area contributed by atoms with Gasteiger partial charge in [-0.3, -0.25) is 9.79 Å². The van der Waals surface area contributed by atoms with E-state index in [1.54, 1.807) is 19.4 Å². The van der Waals surface area contributed by atoms with Crippen LogP contribution in [-0.4, -0.2) is 45.2 Å². The molecule has 0 aromatic carbocycles. The van der Waals surface area contributed by atoms with Crippen molar-refractivity contribution >= 4 is 35.8 Å². The third kappa shape index (κ3) is 11.0. The summed E-state index contributed by atoms with van der Waals surface area (Å²) in [5.41, 5.74) is 0. The summed E-state index contributed by atoms with van der Waals surface area (Å²) in [6.45, 7) is 4.86. The molecule has 1 rings (SSSR count). The number of nitrogens with zero attached hydrogens (tertiary/aromatic N) is 1. The van der Waals surface area contributed by atoms with E-state index < -0.39 is 0 Å². The predicted octanol–water partition coefficient (Wildman–Crippen LogP) is 1.50. The molecule has 0 bridgehead atoms. The largest absolute Gasteiger partial charge is 0.467 e. The van der Waals surface area contributed by atoms with E-state index in [9.17, 15) is 4.79 Å². The van der Waals surface area contributed by atoms with Gasteiger partial charge in [-0.05, 0) is 31.9 Å².